The Balaban J connectivity index is 1.88. The van der Waals surface area contributed by atoms with Crippen molar-refractivity contribution in [3.63, 3.8) is 0 Å². The van der Waals surface area contributed by atoms with Gasteiger partial charge in [0.2, 0.25) is 0 Å². The first-order chi connectivity index (χ1) is 10.7. The molecule has 118 valence electrons. The van der Waals surface area contributed by atoms with Crippen molar-refractivity contribution in [2.24, 2.45) is 5.92 Å². The van der Waals surface area contributed by atoms with Gasteiger partial charge < -0.3 is 4.74 Å². The molecule has 2 rings (SSSR count). The smallest absolute Gasteiger partial charge is 0.308 e. The highest BCUT2D eigenvalue weighted by atomic mass is 16.5. The molecule has 0 saturated heterocycles. The summed E-state index contributed by atoms with van der Waals surface area (Å²) in [4.78, 5) is 11.6. The van der Waals surface area contributed by atoms with E-state index in [-0.39, 0.29) is 11.9 Å². The first-order valence-corrected chi connectivity index (χ1v) is 8.41. The third-order valence-corrected chi connectivity index (χ3v) is 4.49. The second-order valence-electron chi connectivity index (χ2n) is 6.11. The van der Waals surface area contributed by atoms with Gasteiger partial charge in [-0.2, -0.15) is 0 Å². The van der Waals surface area contributed by atoms with Crippen molar-refractivity contribution in [3.8, 4) is 11.8 Å². The van der Waals surface area contributed by atoms with Crippen LogP contribution in [0.2, 0.25) is 0 Å². The maximum Gasteiger partial charge on any atom is 0.308 e. The topological polar surface area (TPSA) is 26.3 Å². The number of carbonyl (C=O) groups excluding carboxylic acids is 1. The molecule has 0 N–H and O–H groups in total. The molecule has 2 unspecified atom stereocenters. The second-order valence-corrected chi connectivity index (χ2v) is 6.11. The van der Waals surface area contributed by atoms with E-state index in [0.717, 1.165) is 31.2 Å². The lowest BCUT2D eigenvalue weighted by atomic mass is 9.95. The van der Waals surface area contributed by atoms with Crippen LogP contribution in [0.3, 0.4) is 0 Å². The molecule has 1 saturated carbocycles. The lowest BCUT2D eigenvalue weighted by molar-refractivity contribution is -0.145. The Hall–Kier alpha value is -1.75. The number of benzene rings is 1. The van der Waals surface area contributed by atoms with Crippen LogP contribution >= 0.6 is 0 Å². The van der Waals surface area contributed by atoms with Gasteiger partial charge in [0.15, 0.2) is 0 Å². The summed E-state index contributed by atoms with van der Waals surface area (Å²) < 4.78 is 4.85. The van der Waals surface area contributed by atoms with Crippen LogP contribution in [-0.2, 0) is 9.53 Å². The standard InChI is InChI=1S/C20H26O2/c1-3-4-5-6-7-8-16-9-11-17(12-10-16)18-13-14-19(15-18)20(21)22-2/h9-12,18-19H,3-6,13-15H2,1-2H3. The lowest BCUT2D eigenvalue weighted by Gasteiger charge is -2.10. The Morgan fingerprint density at radius 2 is 2.00 bits per heavy atom. The number of hydrogen-bond acceptors (Lipinski definition) is 2. The van der Waals surface area contributed by atoms with Crippen molar-refractivity contribution in [2.45, 2.75) is 57.8 Å². The number of ether oxygens (including phenoxy) is 1. The van der Waals surface area contributed by atoms with Gasteiger partial charge in [-0.25, -0.2) is 0 Å². The zero-order valence-corrected chi connectivity index (χ0v) is 13.7. The maximum atomic E-state index is 11.6. The molecule has 0 radical (unpaired) electrons. The maximum absolute atomic E-state index is 11.6. The number of hydrogen-bond donors (Lipinski definition) is 0. The van der Waals surface area contributed by atoms with Crippen molar-refractivity contribution in [2.75, 3.05) is 7.11 Å². The molecule has 0 aliphatic heterocycles. The number of rotatable bonds is 5. The minimum absolute atomic E-state index is 0.0583. The third-order valence-electron chi connectivity index (χ3n) is 4.49. The molecule has 22 heavy (non-hydrogen) atoms. The predicted octanol–water partition coefficient (Wildman–Crippen LogP) is 4.68. The Labute approximate surface area is 134 Å². The van der Waals surface area contributed by atoms with E-state index in [0.29, 0.717) is 5.92 Å². The fraction of sp³-hybridized carbons (Fsp3) is 0.550. The van der Waals surface area contributed by atoms with Crippen LogP contribution in [-0.4, -0.2) is 13.1 Å². The molecule has 1 aromatic carbocycles. The van der Waals surface area contributed by atoms with E-state index in [9.17, 15) is 4.79 Å². The van der Waals surface area contributed by atoms with E-state index in [4.69, 9.17) is 4.74 Å². The molecular formula is C20H26O2. The molecule has 0 heterocycles. The van der Waals surface area contributed by atoms with Crippen molar-refractivity contribution >= 4 is 5.97 Å². The Morgan fingerprint density at radius 3 is 2.68 bits per heavy atom. The summed E-state index contributed by atoms with van der Waals surface area (Å²) in [6.45, 7) is 2.21. The summed E-state index contributed by atoms with van der Waals surface area (Å²) >= 11 is 0. The van der Waals surface area contributed by atoms with Crippen molar-refractivity contribution < 1.29 is 9.53 Å². The molecule has 2 atom stereocenters. The molecule has 0 aromatic heterocycles. The Bertz CT molecular complexity index is 533. The summed E-state index contributed by atoms with van der Waals surface area (Å²) in [6, 6.07) is 8.54. The van der Waals surface area contributed by atoms with E-state index in [2.05, 4.69) is 43.0 Å². The van der Waals surface area contributed by atoms with Crippen LogP contribution in [0.5, 0.6) is 0 Å². The molecule has 1 fully saturated rings. The normalized spacial score (nSPS) is 20.3. The van der Waals surface area contributed by atoms with Crippen LogP contribution in [0.25, 0.3) is 0 Å². The van der Waals surface area contributed by atoms with Gasteiger partial charge in [0.1, 0.15) is 0 Å². The van der Waals surface area contributed by atoms with Gasteiger partial charge in [-0.15, -0.1) is 0 Å². The Kier molecular flexibility index (Phi) is 6.52. The molecule has 2 nitrogen and oxygen atoms in total. The van der Waals surface area contributed by atoms with Crippen molar-refractivity contribution in [1.29, 1.82) is 0 Å². The van der Waals surface area contributed by atoms with E-state index in [1.165, 1.54) is 31.9 Å². The molecule has 1 aliphatic carbocycles. The minimum atomic E-state index is -0.0583. The Morgan fingerprint density at radius 1 is 1.23 bits per heavy atom. The van der Waals surface area contributed by atoms with Crippen LogP contribution in [0.4, 0.5) is 0 Å². The van der Waals surface area contributed by atoms with Gasteiger partial charge in [0.05, 0.1) is 13.0 Å². The average Bonchev–Trinajstić information content (AvgIpc) is 3.04. The molecule has 0 bridgehead atoms. The van der Waals surface area contributed by atoms with E-state index >= 15 is 0 Å². The van der Waals surface area contributed by atoms with Gasteiger partial charge in [0, 0.05) is 12.0 Å². The summed E-state index contributed by atoms with van der Waals surface area (Å²) in [6.07, 6.45) is 7.60. The highest BCUT2D eigenvalue weighted by molar-refractivity contribution is 5.72. The first-order valence-electron chi connectivity index (χ1n) is 8.41. The van der Waals surface area contributed by atoms with Crippen LogP contribution in [0.1, 0.15) is 68.9 Å². The summed E-state index contributed by atoms with van der Waals surface area (Å²) in [5.74, 6) is 6.98. The van der Waals surface area contributed by atoms with Crippen LogP contribution < -0.4 is 0 Å². The zero-order chi connectivity index (χ0) is 15.8. The fourth-order valence-electron chi connectivity index (χ4n) is 3.13. The molecule has 1 aromatic rings. The van der Waals surface area contributed by atoms with Crippen LogP contribution in [0.15, 0.2) is 24.3 Å². The lowest BCUT2D eigenvalue weighted by Crippen LogP contribution is -2.12. The van der Waals surface area contributed by atoms with Crippen molar-refractivity contribution in [1.82, 2.24) is 0 Å². The van der Waals surface area contributed by atoms with Gasteiger partial charge in [0.25, 0.3) is 0 Å². The SMILES string of the molecule is CCCCCC#Cc1ccc(C2CCC(C(=O)OC)C2)cc1. The quantitative estimate of drug-likeness (QED) is 0.448. The summed E-state index contributed by atoms with van der Waals surface area (Å²) in [7, 11) is 1.48. The number of unbranched alkanes of at least 4 members (excludes halogenated alkanes) is 3. The summed E-state index contributed by atoms with van der Waals surface area (Å²) in [5, 5.41) is 0. The number of carbonyl (C=O) groups is 1. The molecule has 0 amide bonds. The first kappa shape index (κ1) is 16.6. The number of methoxy groups -OCH3 is 1. The van der Waals surface area contributed by atoms with Gasteiger partial charge in [-0.05, 0) is 49.3 Å². The van der Waals surface area contributed by atoms with Crippen molar-refractivity contribution in [3.05, 3.63) is 35.4 Å². The molecule has 2 heteroatoms. The fourth-order valence-corrected chi connectivity index (χ4v) is 3.13. The predicted molar refractivity (Wildman–Crippen MR) is 89.6 cm³/mol. The third kappa shape index (κ3) is 4.63. The monoisotopic (exact) mass is 298 g/mol. The molecule has 0 spiro atoms. The van der Waals surface area contributed by atoms with Gasteiger partial charge >= 0.3 is 5.97 Å². The average molecular weight is 298 g/mol. The van der Waals surface area contributed by atoms with E-state index in [1.54, 1.807) is 0 Å². The highest BCUT2D eigenvalue weighted by Crippen LogP contribution is 2.38. The largest absolute Gasteiger partial charge is 0.469 e. The highest BCUT2D eigenvalue weighted by Gasteiger charge is 2.31. The van der Waals surface area contributed by atoms with Crippen LogP contribution in [0, 0.1) is 17.8 Å². The molecule has 1 aliphatic rings. The second kappa shape index (κ2) is 8.63. The van der Waals surface area contributed by atoms with E-state index in [1.807, 2.05) is 0 Å². The van der Waals surface area contributed by atoms with E-state index < -0.39 is 0 Å². The zero-order valence-electron chi connectivity index (χ0n) is 13.7. The summed E-state index contributed by atoms with van der Waals surface area (Å²) in [5.41, 5.74) is 2.41. The van der Waals surface area contributed by atoms with Gasteiger partial charge in [-0.3, -0.25) is 4.79 Å². The molecular weight excluding hydrogens is 272 g/mol. The van der Waals surface area contributed by atoms with Gasteiger partial charge in [-0.1, -0.05) is 43.7 Å². The number of esters is 1. The minimum Gasteiger partial charge on any atom is -0.469 e.